The van der Waals surface area contributed by atoms with Crippen LogP contribution in [0.4, 0.5) is 10.1 Å². The van der Waals surface area contributed by atoms with Gasteiger partial charge in [-0.3, -0.25) is 0 Å². The van der Waals surface area contributed by atoms with E-state index in [1.54, 1.807) is 11.3 Å². The molecule has 0 radical (unpaired) electrons. The largest absolute Gasteiger partial charge is 0.465 e. The number of anilines is 1. The van der Waals surface area contributed by atoms with Crippen LogP contribution in [0.5, 0.6) is 5.75 Å². The summed E-state index contributed by atoms with van der Waals surface area (Å²) in [4.78, 5) is 4.44. The van der Waals surface area contributed by atoms with Crippen molar-refractivity contribution in [3.05, 3.63) is 84.7 Å². The summed E-state index contributed by atoms with van der Waals surface area (Å²) in [5.41, 5.74) is 3.95. The van der Waals surface area contributed by atoms with Gasteiger partial charge in [-0.1, -0.05) is 38.4 Å². The zero-order valence-corrected chi connectivity index (χ0v) is 19.0. The molecule has 0 bridgehead atoms. The van der Waals surface area contributed by atoms with Gasteiger partial charge in [0, 0.05) is 19.5 Å². The summed E-state index contributed by atoms with van der Waals surface area (Å²) in [6.45, 7) is 6.05. The maximum Gasteiger partial charge on any atom is 0.208 e. The third-order valence-corrected chi connectivity index (χ3v) is 7.47. The molecule has 2 aliphatic rings. The highest BCUT2D eigenvalue weighted by molar-refractivity contribution is 9.10. The summed E-state index contributed by atoms with van der Waals surface area (Å²) in [5, 5.41) is 0. The molecule has 6 heteroatoms. The first-order valence-corrected chi connectivity index (χ1v) is 11.3. The summed E-state index contributed by atoms with van der Waals surface area (Å²) >= 11 is 8.64. The van der Waals surface area contributed by atoms with E-state index in [4.69, 9.17) is 4.74 Å². The van der Waals surface area contributed by atoms with Gasteiger partial charge in [-0.25, -0.2) is 4.39 Å². The second-order valence-electron chi connectivity index (χ2n) is 7.15. The van der Waals surface area contributed by atoms with Gasteiger partial charge in [-0.05, 0) is 66.9 Å². The lowest BCUT2D eigenvalue weighted by atomic mass is 9.99. The molecule has 0 amide bonds. The first-order valence-electron chi connectivity index (χ1n) is 8.90. The Hall–Kier alpha value is -1.63. The minimum absolute atomic E-state index is 0.0958. The molecule has 142 valence electrons. The number of hydrogen-bond acceptors (Lipinski definition) is 3. The van der Waals surface area contributed by atoms with E-state index in [0.717, 1.165) is 31.9 Å². The van der Waals surface area contributed by atoms with Gasteiger partial charge in [-0.2, -0.15) is 0 Å². The topological polar surface area (TPSA) is 12.5 Å². The number of rotatable bonds is 2. The van der Waals surface area contributed by atoms with E-state index >= 15 is 0 Å². The van der Waals surface area contributed by atoms with Crippen molar-refractivity contribution in [3.8, 4) is 5.75 Å². The normalized spacial score (nSPS) is 19.6. The number of thiophene rings is 1. The van der Waals surface area contributed by atoms with Crippen molar-refractivity contribution in [2.45, 2.75) is 25.6 Å². The van der Waals surface area contributed by atoms with E-state index in [2.05, 4.69) is 67.6 Å². The summed E-state index contributed by atoms with van der Waals surface area (Å²) < 4.78 is 23.1. The lowest BCUT2D eigenvalue weighted by Crippen LogP contribution is -2.37. The van der Waals surface area contributed by atoms with Crippen molar-refractivity contribution >= 4 is 54.5 Å². The molecule has 28 heavy (non-hydrogen) atoms. The average molecular weight is 521 g/mol. The van der Waals surface area contributed by atoms with Crippen molar-refractivity contribution in [2.24, 2.45) is 0 Å². The zero-order valence-electron chi connectivity index (χ0n) is 15.0. The van der Waals surface area contributed by atoms with E-state index < -0.39 is 0 Å². The van der Waals surface area contributed by atoms with E-state index in [1.165, 1.54) is 11.6 Å². The van der Waals surface area contributed by atoms with Crippen LogP contribution in [-0.2, 0) is 6.42 Å². The Labute approximate surface area is 183 Å². The van der Waals surface area contributed by atoms with Gasteiger partial charge >= 0.3 is 0 Å². The maximum absolute atomic E-state index is 15.0. The van der Waals surface area contributed by atoms with Gasteiger partial charge in [0.2, 0.25) is 6.23 Å². The molecule has 0 N–H and O–H groups in total. The second-order valence-corrected chi connectivity index (χ2v) is 10.1. The van der Waals surface area contributed by atoms with E-state index in [1.807, 2.05) is 19.1 Å². The van der Waals surface area contributed by atoms with Crippen LogP contribution in [0.25, 0.3) is 5.57 Å². The van der Waals surface area contributed by atoms with Crippen LogP contribution in [0.15, 0.2) is 58.0 Å². The fourth-order valence-corrected chi connectivity index (χ4v) is 5.82. The Kier molecular flexibility index (Phi) is 4.41. The van der Waals surface area contributed by atoms with Gasteiger partial charge in [0.15, 0.2) is 0 Å². The number of nitrogens with zero attached hydrogens (tertiary/aromatic N) is 1. The zero-order chi connectivity index (χ0) is 19.6. The summed E-state index contributed by atoms with van der Waals surface area (Å²) in [6.07, 6.45) is 0.450. The molecule has 5 rings (SSSR count). The number of hydrogen-bond donors (Lipinski definition) is 0. The predicted octanol–water partition coefficient (Wildman–Crippen LogP) is 7.64. The van der Waals surface area contributed by atoms with Crippen molar-refractivity contribution in [3.63, 3.8) is 0 Å². The second kappa shape index (κ2) is 6.71. The Bertz CT molecular complexity index is 1130. The Balaban J connectivity index is 1.70. The minimum Gasteiger partial charge on any atom is -0.465 e. The molecule has 0 aliphatic carbocycles. The fraction of sp³-hybridized carbons (Fsp3) is 0.182. The third kappa shape index (κ3) is 2.85. The predicted molar refractivity (Wildman–Crippen MR) is 120 cm³/mol. The minimum atomic E-state index is -0.299. The van der Waals surface area contributed by atoms with Gasteiger partial charge in [0.05, 0.1) is 16.5 Å². The summed E-state index contributed by atoms with van der Waals surface area (Å²) in [7, 11) is 0. The molecule has 3 heterocycles. The molecule has 0 saturated heterocycles. The SMILES string of the molecule is C=C(C)c1ccc(C2Oc3cc(Br)cc(F)c3C3Cc4cc(Br)ccc4N32)s1. The molecule has 1 aromatic heterocycles. The maximum atomic E-state index is 15.0. The molecule has 2 atom stereocenters. The standard InChI is InChI=1S/C22H16Br2FNOS/c1-11(2)19-5-6-20(28-19)22-26-16-4-3-13(23)7-12(16)8-17(26)21-15(25)9-14(24)10-18(21)27-22/h3-7,9-10,17,22H,1,8H2,2H3. The Morgan fingerprint density at radius 3 is 2.75 bits per heavy atom. The average Bonchev–Trinajstić information content (AvgIpc) is 3.24. The van der Waals surface area contributed by atoms with Crippen LogP contribution < -0.4 is 9.64 Å². The lowest BCUT2D eigenvalue weighted by molar-refractivity contribution is 0.168. The van der Waals surface area contributed by atoms with Gasteiger partial charge in [0.25, 0.3) is 0 Å². The van der Waals surface area contributed by atoms with E-state index in [0.29, 0.717) is 15.8 Å². The summed E-state index contributed by atoms with van der Waals surface area (Å²) in [5.74, 6) is 0.369. The fourth-order valence-electron chi connectivity index (χ4n) is 4.04. The highest BCUT2D eigenvalue weighted by Gasteiger charge is 2.44. The molecular formula is C22H16Br2FNOS. The van der Waals surface area contributed by atoms with Crippen LogP contribution in [0, 0.1) is 5.82 Å². The molecule has 3 aromatic rings. The van der Waals surface area contributed by atoms with Crippen molar-refractivity contribution < 1.29 is 9.13 Å². The number of fused-ring (bicyclic) bond motifs is 5. The molecule has 2 unspecified atom stereocenters. The molecule has 2 nitrogen and oxygen atoms in total. The molecule has 2 aromatic carbocycles. The van der Waals surface area contributed by atoms with Crippen LogP contribution >= 0.6 is 43.2 Å². The molecule has 0 spiro atoms. The quantitative estimate of drug-likeness (QED) is 0.344. The van der Waals surface area contributed by atoms with Crippen molar-refractivity contribution in [2.75, 3.05) is 4.90 Å². The monoisotopic (exact) mass is 519 g/mol. The number of benzene rings is 2. The van der Waals surface area contributed by atoms with Gasteiger partial charge in [-0.15, -0.1) is 11.3 Å². The van der Waals surface area contributed by atoms with Gasteiger partial charge < -0.3 is 9.64 Å². The van der Waals surface area contributed by atoms with E-state index in [-0.39, 0.29) is 18.1 Å². The third-order valence-electron chi connectivity index (χ3n) is 5.24. The first kappa shape index (κ1) is 18.4. The number of allylic oxidation sites excluding steroid dienone is 1. The number of halogens is 3. The Morgan fingerprint density at radius 2 is 2.00 bits per heavy atom. The molecule has 0 saturated carbocycles. The molecule has 0 fully saturated rings. The molecule has 2 aliphatic heterocycles. The number of ether oxygens (including phenoxy) is 1. The summed E-state index contributed by atoms with van der Waals surface area (Å²) in [6, 6.07) is 13.7. The van der Waals surface area contributed by atoms with E-state index in [9.17, 15) is 4.39 Å². The van der Waals surface area contributed by atoms with Crippen molar-refractivity contribution in [1.29, 1.82) is 0 Å². The van der Waals surface area contributed by atoms with Crippen molar-refractivity contribution in [1.82, 2.24) is 0 Å². The highest BCUT2D eigenvalue weighted by Crippen LogP contribution is 2.54. The van der Waals surface area contributed by atoms with Gasteiger partial charge in [0.1, 0.15) is 11.6 Å². The smallest absolute Gasteiger partial charge is 0.208 e. The van der Waals surface area contributed by atoms with Crippen LogP contribution in [0.3, 0.4) is 0 Å². The highest BCUT2D eigenvalue weighted by atomic mass is 79.9. The molecular weight excluding hydrogens is 505 g/mol. The van der Waals surface area contributed by atoms with Crippen LogP contribution in [-0.4, -0.2) is 0 Å². The van der Waals surface area contributed by atoms with Crippen LogP contribution in [0.1, 0.15) is 40.1 Å². The first-order chi connectivity index (χ1) is 13.4. The Morgan fingerprint density at radius 1 is 1.18 bits per heavy atom. The lowest BCUT2D eigenvalue weighted by Gasteiger charge is -2.40. The van der Waals surface area contributed by atoms with Crippen LogP contribution in [0.2, 0.25) is 0 Å².